The molecule has 0 aliphatic heterocycles. The first-order valence-corrected chi connectivity index (χ1v) is 4.64. The fraction of sp³-hybridized carbons (Fsp3) is 0.200. The van der Waals surface area contributed by atoms with Gasteiger partial charge in [-0.15, -0.1) is 0 Å². The van der Waals surface area contributed by atoms with E-state index in [1.165, 1.54) is 19.3 Å². The number of nitrogens with one attached hydrogen (secondary N) is 1. The first kappa shape index (κ1) is 10.5. The molecule has 0 atom stereocenters. The number of carbonyl (C=O) groups excluding carboxylic acids is 1. The summed E-state index contributed by atoms with van der Waals surface area (Å²) in [5.74, 6) is -1.73. The standard InChI is InChI=1S/C10H9F2N3O/c1-6(16)14-5-7-8(11)4-9(12)15-3-2-13-10(7)15/h2-4H,5H2,1H3,(H,14,16). The molecule has 0 aliphatic carbocycles. The summed E-state index contributed by atoms with van der Waals surface area (Å²) < 4.78 is 27.8. The first-order valence-electron chi connectivity index (χ1n) is 4.64. The van der Waals surface area contributed by atoms with Crippen LogP contribution in [0.15, 0.2) is 18.5 Å². The van der Waals surface area contributed by atoms with Gasteiger partial charge >= 0.3 is 0 Å². The summed E-state index contributed by atoms with van der Waals surface area (Å²) in [6.07, 6.45) is 2.76. The number of hydrogen-bond acceptors (Lipinski definition) is 2. The molecule has 6 heteroatoms. The molecule has 0 saturated heterocycles. The molecule has 0 fully saturated rings. The van der Waals surface area contributed by atoms with Crippen LogP contribution in [0, 0.1) is 11.8 Å². The molecule has 16 heavy (non-hydrogen) atoms. The van der Waals surface area contributed by atoms with Gasteiger partial charge in [0.15, 0.2) is 0 Å². The number of halogens is 2. The number of imidazole rings is 1. The first-order chi connectivity index (χ1) is 7.59. The van der Waals surface area contributed by atoms with Crippen LogP contribution in [0.4, 0.5) is 8.78 Å². The van der Waals surface area contributed by atoms with Crippen molar-refractivity contribution in [1.29, 1.82) is 0 Å². The van der Waals surface area contributed by atoms with E-state index in [0.29, 0.717) is 0 Å². The zero-order chi connectivity index (χ0) is 11.7. The van der Waals surface area contributed by atoms with E-state index in [1.807, 2.05) is 0 Å². The Balaban J connectivity index is 2.50. The van der Waals surface area contributed by atoms with Gasteiger partial charge in [0.05, 0.1) is 5.56 Å². The zero-order valence-corrected chi connectivity index (χ0v) is 8.50. The maximum absolute atomic E-state index is 13.5. The number of aromatic nitrogens is 2. The van der Waals surface area contributed by atoms with E-state index in [1.54, 1.807) is 0 Å². The van der Waals surface area contributed by atoms with Crippen LogP contribution in [0.5, 0.6) is 0 Å². The van der Waals surface area contributed by atoms with Crippen LogP contribution in [0.3, 0.4) is 0 Å². The Hall–Kier alpha value is -1.98. The Morgan fingerprint density at radius 3 is 3.00 bits per heavy atom. The largest absolute Gasteiger partial charge is 0.352 e. The molecule has 0 spiro atoms. The number of nitrogens with zero attached hydrogens (tertiary/aromatic N) is 2. The molecule has 0 unspecified atom stereocenters. The summed E-state index contributed by atoms with van der Waals surface area (Å²) in [5.41, 5.74) is 0.341. The Morgan fingerprint density at radius 2 is 2.31 bits per heavy atom. The molecule has 0 aliphatic rings. The van der Waals surface area contributed by atoms with E-state index in [0.717, 1.165) is 10.5 Å². The molecule has 2 aromatic rings. The Kier molecular flexibility index (Phi) is 2.55. The summed E-state index contributed by atoms with van der Waals surface area (Å²) >= 11 is 0. The van der Waals surface area contributed by atoms with Gasteiger partial charge in [-0.2, -0.15) is 4.39 Å². The van der Waals surface area contributed by atoms with Crippen LogP contribution in [0.25, 0.3) is 5.65 Å². The number of hydrogen-bond donors (Lipinski definition) is 1. The van der Waals surface area contributed by atoms with Crippen molar-refractivity contribution < 1.29 is 13.6 Å². The van der Waals surface area contributed by atoms with Crippen molar-refractivity contribution in [2.75, 3.05) is 0 Å². The highest BCUT2D eigenvalue weighted by molar-refractivity contribution is 5.73. The van der Waals surface area contributed by atoms with E-state index in [-0.39, 0.29) is 23.7 Å². The molecule has 2 rings (SSSR count). The molecule has 0 radical (unpaired) electrons. The molecule has 2 aromatic heterocycles. The predicted molar refractivity (Wildman–Crippen MR) is 52.6 cm³/mol. The summed E-state index contributed by atoms with van der Waals surface area (Å²) in [4.78, 5) is 14.6. The SMILES string of the molecule is CC(=O)NCc1c(F)cc(F)n2ccnc12. The number of amides is 1. The summed E-state index contributed by atoms with van der Waals surface area (Å²) in [6, 6.07) is 0.770. The normalized spacial score (nSPS) is 10.7. The van der Waals surface area contributed by atoms with Gasteiger partial charge in [-0.1, -0.05) is 0 Å². The van der Waals surface area contributed by atoms with Crippen molar-refractivity contribution in [3.05, 3.63) is 35.8 Å². The molecule has 0 bridgehead atoms. The molecular weight excluding hydrogens is 216 g/mol. The lowest BCUT2D eigenvalue weighted by atomic mass is 10.2. The zero-order valence-electron chi connectivity index (χ0n) is 8.50. The molecule has 1 amide bonds. The molecule has 1 N–H and O–H groups in total. The average molecular weight is 225 g/mol. The van der Waals surface area contributed by atoms with E-state index in [9.17, 15) is 13.6 Å². The second-order valence-electron chi connectivity index (χ2n) is 3.32. The Labute approximate surface area is 89.9 Å². The highest BCUT2D eigenvalue weighted by Gasteiger charge is 2.13. The van der Waals surface area contributed by atoms with Crippen molar-refractivity contribution in [1.82, 2.24) is 14.7 Å². The van der Waals surface area contributed by atoms with E-state index in [2.05, 4.69) is 10.3 Å². The van der Waals surface area contributed by atoms with Crippen LogP contribution in [-0.4, -0.2) is 15.3 Å². The van der Waals surface area contributed by atoms with Crippen molar-refractivity contribution in [2.45, 2.75) is 13.5 Å². The minimum atomic E-state index is -0.725. The number of pyridine rings is 1. The monoisotopic (exact) mass is 225 g/mol. The third-order valence-electron chi connectivity index (χ3n) is 2.19. The van der Waals surface area contributed by atoms with Crippen molar-refractivity contribution in [3.63, 3.8) is 0 Å². The Morgan fingerprint density at radius 1 is 1.56 bits per heavy atom. The van der Waals surface area contributed by atoms with Gasteiger partial charge in [-0.25, -0.2) is 9.37 Å². The number of fused-ring (bicyclic) bond motifs is 1. The lowest BCUT2D eigenvalue weighted by Crippen LogP contribution is -2.20. The molecule has 4 nitrogen and oxygen atoms in total. The lowest BCUT2D eigenvalue weighted by Gasteiger charge is -2.06. The third-order valence-corrected chi connectivity index (χ3v) is 2.19. The quantitative estimate of drug-likeness (QED) is 0.782. The van der Waals surface area contributed by atoms with E-state index in [4.69, 9.17) is 0 Å². The minimum absolute atomic E-state index is 0.0119. The highest BCUT2D eigenvalue weighted by Crippen LogP contribution is 2.15. The summed E-state index contributed by atoms with van der Waals surface area (Å²) in [6.45, 7) is 1.31. The predicted octanol–water partition coefficient (Wildman–Crippen LogP) is 1.25. The second kappa shape index (κ2) is 3.88. The smallest absolute Gasteiger partial charge is 0.217 e. The van der Waals surface area contributed by atoms with Gasteiger partial charge in [0, 0.05) is 31.9 Å². The van der Waals surface area contributed by atoms with Gasteiger partial charge in [-0.3, -0.25) is 9.20 Å². The molecule has 0 aromatic carbocycles. The van der Waals surface area contributed by atoms with Crippen LogP contribution >= 0.6 is 0 Å². The molecule has 2 heterocycles. The fourth-order valence-electron chi connectivity index (χ4n) is 1.44. The van der Waals surface area contributed by atoms with Crippen molar-refractivity contribution in [2.24, 2.45) is 0 Å². The summed E-state index contributed by atoms with van der Waals surface area (Å²) in [7, 11) is 0. The van der Waals surface area contributed by atoms with E-state index >= 15 is 0 Å². The van der Waals surface area contributed by atoms with Crippen LogP contribution in [0.1, 0.15) is 12.5 Å². The van der Waals surface area contributed by atoms with Gasteiger partial charge in [0.2, 0.25) is 11.9 Å². The van der Waals surface area contributed by atoms with Gasteiger partial charge in [0.1, 0.15) is 11.5 Å². The van der Waals surface area contributed by atoms with Gasteiger partial charge < -0.3 is 5.32 Å². The maximum atomic E-state index is 13.5. The summed E-state index contributed by atoms with van der Waals surface area (Å²) in [5, 5.41) is 2.45. The fourth-order valence-corrected chi connectivity index (χ4v) is 1.44. The van der Waals surface area contributed by atoms with Crippen molar-refractivity contribution >= 4 is 11.6 Å². The Bertz CT molecular complexity index is 550. The maximum Gasteiger partial charge on any atom is 0.217 e. The van der Waals surface area contributed by atoms with Crippen LogP contribution < -0.4 is 5.32 Å². The van der Waals surface area contributed by atoms with Crippen LogP contribution in [0.2, 0.25) is 0 Å². The van der Waals surface area contributed by atoms with Crippen LogP contribution in [-0.2, 0) is 11.3 Å². The number of rotatable bonds is 2. The lowest BCUT2D eigenvalue weighted by molar-refractivity contribution is -0.119. The number of carbonyl (C=O) groups is 1. The molecule has 84 valence electrons. The van der Waals surface area contributed by atoms with Gasteiger partial charge in [0.25, 0.3) is 0 Å². The average Bonchev–Trinajstić information content (AvgIpc) is 2.65. The van der Waals surface area contributed by atoms with E-state index < -0.39 is 11.8 Å². The minimum Gasteiger partial charge on any atom is -0.352 e. The molecular formula is C10H9F2N3O. The highest BCUT2D eigenvalue weighted by atomic mass is 19.1. The third kappa shape index (κ3) is 1.73. The topological polar surface area (TPSA) is 46.4 Å². The van der Waals surface area contributed by atoms with Gasteiger partial charge in [-0.05, 0) is 0 Å². The molecule has 0 saturated carbocycles. The second-order valence-corrected chi connectivity index (χ2v) is 3.32. The van der Waals surface area contributed by atoms with Crippen molar-refractivity contribution in [3.8, 4) is 0 Å².